The van der Waals surface area contributed by atoms with Crippen LogP contribution in [-0.4, -0.2) is 13.0 Å². The Morgan fingerprint density at radius 2 is 2.21 bits per heavy atom. The molecule has 1 aromatic rings. The van der Waals surface area contributed by atoms with Crippen LogP contribution in [-0.2, 0) is 11.3 Å². The van der Waals surface area contributed by atoms with Crippen molar-refractivity contribution in [1.29, 1.82) is 0 Å². The van der Waals surface area contributed by atoms with Gasteiger partial charge in [-0.15, -0.1) is 0 Å². The summed E-state index contributed by atoms with van der Waals surface area (Å²) in [6.07, 6.45) is 3.36. The van der Waals surface area contributed by atoms with Crippen LogP contribution in [0.1, 0.15) is 11.1 Å². The predicted octanol–water partition coefficient (Wildman–Crippen LogP) is 1.34. The molecule has 0 atom stereocenters. The molecule has 72 valence electrons. The van der Waals surface area contributed by atoms with Crippen molar-refractivity contribution in [2.24, 2.45) is 0 Å². The van der Waals surface area contributed by atoms with Crippen LogP contribution < -0.4 is 10.1 Å². The SMILES string of the molecule is COc1ccc2c(c1)CNC(=O)C=C2. The number of methoxy groups -OCH3 is 1. The quantitative estimate of drug-likeness (QED) is 0.724. The van der Waals surface area contributed by atoms with E-state index in [2.05, 4.69) is 5.32 Å². The highest BCUT2D eigenvalue weighted by Gasteiger charge is 2.07. The van der Waals surface area contributed by atoms with E-state index in [0.29, 0.717) is 6.54 Å². The summed E-state index contributed by atoms with van der Waals surface area (Å²) in [5.41, 5.74) is 2.13. The van der Waals surface area contributed by atoms with Crippen LogP contribution in [0, 0.1) is 0 Å². The Labute approximate surface area is 82.4 Å². The molecule has 3 nitrogen and oxygen atoms in total. The maximum Gasteiger partial charge on any atom is 0.244 e. The van der Waals surface area contributed by atoms with Crippen LogP contribution in [0.4, 0.5) is 0 Å². The standard InChI is InChI=1S/C11H11NO2/c1-14-10-4-2-8-3-5-11(13)12-7-9(8)6-10/h2-6H,7H2,1H3,(H,12,13). The van der Waals surface area contributed by atoms with Gasteiger partial charge in [0.2, 0.25) is 5.91 Å². The molecule has 14 heavy (non-hydrogen) atoms. The summed E-state index contributed by atoms with van der Waals surface area (Å²) in [5.74, 6) is 0.758. The van der Waals surface area contributed by atoms with Crippen molar-refractivity contribution in [2.75, 3.05) is 7.11 Å². The maximum atomic E-state index is 11.1. The first-order chi connectivity index (χ1) is 6.79. The van der Waals surface area contributed by atoms with E-state index in [1.807, 2.05) is 24.3 Å². The van der Waals surface area contributed by atoms with Gasteiger partial charge in [-0.05, 0) is 29.3 Å². The zero-order valence-electron chi connectivity index (χ0n) is 7.91. The third-order valence-corrected chi connectivity index (χ3v) is 2.22. The summed E-state index contributed by atoms with van der Waals surface area (Å²) in [4.78, 5) is 11.1. The number of hydrogen-bond acceptors (Lipinski definition) is 2. The summed E-state index contributed by atoms with van der Waals surface area (Å²) >= 11 is 0. The number of benzene rings is 1. The van der Waals surface area contributed by atoms with Crippen molar-refractivity contribution in [1.82, 2.24) is 5.32 Å². The van der Waals surface area contributed by atoms with Crippen LogP contribution >= 0.6 is 0 Å². The maximum absolute atomic E-state index is 11.1. The van der Waals surface area contributed by atoms with Crippen molar-refractivity contribution in [3.63, 3.8) is 0 Å². The third-order valence-electron chi connectivity index (χ3n) is 2.22. The molecule has 0 bridgehead atoms. The van der Waals surface area contributed by atoms with E-state index < -0.39 is 0 Å². The van der Waals surface area contributed by atoms with Crippen LogP contribution in [0.2, 0.25) is 0 Å². The molecule has 0 saturated heterocycles. The zero-order valence-corrected chi connectivity index (χ0v) is 7.91. The second-order valence-electron chi connectivity index (χ2n) is 3.12. The number of hydrogen-bond donors (Lipinski definition) is 1. The van der Waals surface area contributed by atoms with E-state index in [1.54, 1.807) is 7.11 Å². The number of amides is 1. The summed E-state index contributed by atoms with van der Waals surface area (Å²) in [5, 5.41) is 2.77. The molecule has 0 saturated carbocycles. The Morgan fingerprint density at radius 3 is 3.00 bits per heavy atom. The Balaban J connectivity index is 2.40. The van der Waals surface area contributed by atoms with Crippen molar-refractivity contribution in [3.8, 4) is 5.75 Å². The van der Waals surface area contributed by atoms with Crippen molar-refractivity contribution >= 4 is 12.0 Å². The molecule has 1 amide bonds. The third kappa shape index (κ3) is 1.62. The molecule has 1 N–H and O–H groups in total. The predicted molar refractivity (Wildman–Crippen MR) is 53.9 cm³/mol. The number of carbonyl (C=O) groups is 1. The topological polar surface area (TPSA) is 38.3 Å². The first-order valence-corrected chi connectivity index (χ1v) is 4.42. The van der Waals surface area contributed by atoms with Crippen LogP contribution in [0.15, 0.2) is 24.3 Å². The zero-order chi connectivity index (χ0) is 9.97. The lowest BCUT2D eigenvalue weighted by Crippen LogP contribution is -2.18. The first kappa shape index (κ1) is 8.81. The molecule has 0 spiro atoms. The van der Waals surface area contributed by atoms with Gasteiger partial charge < -0.3 is 10.1 Å². The van der Waals surface area contributed by atoms with E-state index in [9.17, 15) is 4.79 Å². The number of rotatable bonds is 1. The Morgan fingerprint density at radius 1 is 1.36 bits per heavy atom. The van der Waals surface area contributed by atoms with Gasteiger partial charge in [-0.25, -0.2) is 0 Å². The fourth-order valence-electron chi connectivity index (χ4n) is 1.43. The molecule has 1 aliphatic heterocycles. The minimum absolute atomic E-state index is 0.0554. The second kappa shape index (κ2) is 3.54. The lowest BCUT2D eigenvalue weighted by Gasteiger charge is -2.06. The Kier molecular flexibility index (Phi) is 2.23. The average Bonchev–Trinajstić information content (AvgIpc) is 2.40. The fourth-order valence-corrected chi connectivity index (χ4v) is 1.43. The smallest absolute Gasteiger partial charge is 0.244 e. The molecule has 0 fully saturated rings. The van der Waals surface area contributed by atoms with Gasteiger partial charge in [0.05, 0.1) is 7.11 Å². The minimum atomic E-state index is -0.0554. The van der Waals surface area contributed by atoms with E-state index in [1.165, 1.54) is 6.08 Å². The fraction of sp³-hybridized carbons (Fsp3) is 0.182. The van der Waals surface area contributed by atoms with Gasteiger partial charge in [-0.3, -0.25) is 4.79 Å². The van der Waals surface area contributed by atoms with Gasteiger partial charge in [0, 0.05) is 12.6 Å². The largest absolute Gasteiger partial charge is 0.497 e. The van der Waals surface area contributed by atoms with Gasteiger partial charge in [0.15, 0.2) is 0 Å². The van der Waals surface area contributed by atoms with Crippen LogP contribution in [0.25, 0.3) is 6.08 Å². The number of nitrogens with one attached hydrogen (secondary N) is 1. The number of carbonyl (C=O) groups excluding carboxylic acids is 1. The molecule has 0 unspecified atom stereocenters. The molecule has 0 radical (unpaired) electrons. The van der Waals surface area contributed by atoms with Crippen LogP contribution in [0.3, 0.4) is 0 Å². The molecule has 2 rings (SSSR count). The normalized spacial score (nSPS) is 14.2. The van der Waals surface area contributed by atoms with E-state index in [4.69, 9.17) is 4.74 Å². The summed E-state index contributed by atoms with van der Waals surface area (Å²) < 4.78 is 5.11. The minimum Gasteiger partial charge on any atom is -0.497 e. The van der Waals surface area contributed by atoms with Gasteiger partial charge >= 0.3 is 0 Å². The van der Waals surface area contributed by atoms with Gasteiger partial charge in [0.1, 0.15) is 5.75 Å². The van der Waals surface area contributed by atoms with Gasteiger partial charge in [-0.2, -0.15) is 0 Å². The average molecular weight is 189 g/mol. The van der Waals surface area contributed by atoms with E-state index in [0.717, 1.165) is 16.9 Å². The first-order valence-electron chi connectivity index (χ1n) is 4.42. The molecule has 1 aliphatic rings. The molecule has 1 heterocycles. The van der Waals surface area contributed by atoms with E-state index >= 15 is 0 Å². The molecular weight excluding hydrogens is 178 g/mol. The molecule has 1 aromatic carbocycles. The van der Waals surface area contributed by atoms with Gasteiger partial charge in [0.25, 0.3) is 0 Å². The lowest BCUT2D eigenvalue weighted by atomic mass is 10.1. The second-order valence-corrected chi connectivity index (χ2v) is 3.12. The highest BCUT2D eigenvalue weighted by atomic mass is 16.5. The number of fused-ring (bicyclic) bond motifs is 1. The van der Waals surface area contributed by atoms with Crippen molar-refractivity contribution in [3.05, 3.63) is 35.4 Å². The molecule has 0 aromatic heterocycles. The summed E-state index contributed by atoms with van der Waals surface area (Å²) in [7, 11) is 1.63. The monoisotopic (exact) mass is 189 g/mol. The van der Waals surface area contributed by atoms with Crippen LogP contribution in [0.5, 0.6) is 5.75 Å². The highest BCUT2D eigenvalue weighted by molar-refractivity contribution is 5.92. The van der Waals surface area contributed by atoms with Crippen molar-refractivity contribution in [2.45, 2.75) is 6.54 Å². The van der Waals surface area contributed by atoms with Gasteiger partial charge in [-0.1, -0.05) is 6.07 Å². The summed E-state index contributed by atoms with van der Waals surface area (Å²) in [6, 6.07) is 5.77. The Hall–Kier alpha value is -1.77. The summed E-state index contributed by atoms with van der Waals surface area (Å²) in [6.45, 7) is 0.554. The van der Waals surface area contributed by atoms with E-state index in [-0.39, 0.29) is 5.91 Å². The highest BCUT2D eigenvalue weighted by Crippen LogP contribution is 2.20. The lowest BCUT2D eigenvalue weighted by molar-refractivity contribution is -0.116. The number of ether oxygens (including phenoxy) is 1. The molecule has 3 heteroatoms. The molecular formula is C11H11NO2. The van der Waals surface area contributed by atoms with Crippen molar-refractivity contribution < 1.29 is 9.53 Å². The Bertz CT molecular complexity index is 396. The molecule has 0 aliphatic carbocycles.